The Kier molecular flexibility index (Phi) is 5.96. The van der Waals surface area contributed by atoms with Crippen LogP contribution in [0.4, 0.5) is 20.7 Å². The van der Waals surface area contributed by atoms with Crippen molar-refractivity contribution >= 4 is 29.4 Å². The van der Waals surface area contributed by atoms with Crippen molar-refractivity contribution in [2.45, 2.75) is 56.1 Å². The van der Waals surface area contributed by atoms with Crippen molar-refractivity contribution < 1.29 is 19.0 Å². The van der Waals surface area contributed by atoms with E-state index in [0.717, 1.165) is 10.5 Å². The molecule has 2 atom stereocenters. The first-order valence-electron chi connectivity index (χ1n) is 10.5. The van der Waals surface area contributed by atoms with E-state index >= 15 is 0 Å². The molecule has 4 rings (SSSR count). The van der Waals surface area contributed by atoms with Crippen molar-refractivity contribution in [1.29, 1.82) is 0 Å². The van der Waals surface area contributed by atoms with Gasteiger partial charge in [0.1, 0.15) is 24.1 Å². The van der Waals surface area contributed by atoms with E-state index in [1.165, 1.54) is 23.0 Å². The number of aromatic nitrogens is 2. The molecule has 166 valence electrons. The summed E-state index contributed by atoms with van der Waals surface area (Å²) in [7, 11) is 0. The van der Waals surface area contributed by atoms with Crippen molar-refractivity contribution in [2.24, 2.45) is 0 Å². The van der Waals surface area contributed by atoms with Crippen molar-refractivity contribution in [2.75, 3.05) is 24.2 Å². The SMILES string of the molecule is CCC1(C)CC(Oc2ncnc3c2CCN3c2ccc(SC)cc2F)CCN1C(=O)O. The number of amides is 1. The number of likely N-dealkylation sites (tertiary alicyclic amines) is 1. The summed E-state index contributed by atoms with van der Waals surface area (Å²) in [6.07, 6.45) is 4.92. The number of anilines is 2. The van der Waals surface area contributed by atoms with Gasteiger partial charge in [-0.05, 0) is 44.2 Å². The van der Waals surface area contributed by atoms with Gasteiger partial charge in [-0.2, -0.15) is 0 Å². The number of ether oxygens (including phenoxy) is 1. The zero-order chi connectivity index (χ0) is 22.2. The van der Waals surface area contributed by atoms with Gasteiger partial charge < -0.3 is 19.6 Å². The average molecular weight is 447 g/mol. The fourth-order valence-corrected chi connectivity index (χ4v) is 4.93. The first-order chi connectivity index (χ1) is 14.9. The van der Waals surface area contributed by atoms with Crippen molar-refractivity contribution in [3.8, 4) is 5.88 Å². The lowest BCUT2D eigenvalue weighted by Gasteiger charge is -2.45. The molecule has 1 amide bonds. The third-order valence-corrected chi connectivity index (χ3v) is 7.16. The van der Waals surface area contributed by atoms with E-state index in [-0.39, 0.29) is 11.9 Å². The molecule has 2 unspecified atom stereocenters. The van der Waals surface area contributed by atoms with Gasteiger partial charge in [0.2, 0.25) is 5.88 Å². The maximum absolute atomic E-state index is 14.7. The Balaban J connectivity index is 1.56. The molecule has 2 aromatic rings. The van der Waals surface area contributed by atoms with Gasteiger partial charge in [-0.3, -0.25) is 0 Å². The van der Waals surface area contributed by atoms with Gasteiger partial charge in [-0.15, -0.1) is 11.8 Å². The van der Waals surface area contributed by atoms with Gasteiger partial charge in [0.15, 0.2) is 0 Å². The quantitative estimate of drug-likeness (QED) is 0.666. The standard InChI is InChI=1S/C22H27FN4O3S/c1-4-22(2)12-14(7-10-27(22)21(28)29)30-20-16-8-9-26(19(16)24-13-25-20)18-6-5-15(31-3)11-17(18)23/h5-6,11,13-14H,4,7-10,12H2,1-3H3,(H,28,29). The molecule has 2 aliphatic rings. The first kappa shape index (κ1) is 21.7. The van der Waals surface area contributed by atoms with Crippen molar-refractivity contribution in [3.63, 3.8) is 0 Å². The van der Waals surface area contributed by atoms with Crippen LogP contribution >= 0.6 is 11.8 Å². The van der Waals surface area contributed by atoms with Gasteiger partial charge in [-0.25, -0.2) is 19.2 Å². The molecule has 31 heavy (non-hydrogen) atoms. The smallest absolute Gasteiger partial charge is 0.407 e. The summed E-state index contributed by atoms with van der Waals surface area (Å²) in [6, 6.07) is 5.23. The highest BCUT2D eigenvalue weighted by Crippen LogP contribution is 2.40. The lowest BCUT2D eigenvalue weighted by molar-refractivity contribution is 0.00343. The molecule has 1 N–H and O–H groups in total. The minimum Gasteiger partial charge on any atom is -0.474 e. The second-order valence-corrected chi connectivity index (χ2v) is 9.10. The number of piperidine rings is 1. The van der Waals surface area contributed by atoms with Crippen molar-refractivity contribution in [3.05, 3.63) is 35.9 Å². The number of hydrogen-bond acceptors (Lipinski definition) is 6. The molecule has 1 aromatic heterocycles. The van der Waals surface area contributed by atoms with E-state index in [4.69, 9.17) is 4.74 Å². The van der Waals surface area contributed by atoms with Gasteiger partial charge >= 0.3 is 6.09 Å². The van der Waals surface area contributed by atoms with Crippen LogP contribution in [0.15, 0.2) is 29.4 Å². The molecule has 0 bridgehead atoms. The predicted octanol–water partition coefficient (Wildman–Crippen LogP) is 4.72. The van der Waals surface area contributed by atoms with E-state index < -0.39 is 11.6 Å². The van der Waals surface area contributed by atoms with E-state index in [1.807, 2.05) is 31.1 Å². The Hall–Kier alpha value is -2.55. The van der Waals surface area contributed by atoms with Gasteiger partial charge in [0, 0.05) is 36.4 Å². The number of benzene rings is 1. The number of carboxylic acid groups (broad SMARTS) is 1. The highest BCUT2D eigenvalue weighted by atomic mass is 32.2. The lowest BCUT2D eigenvalue weighted by Crippen LogP contribution is -2.56. The van der Waals surface area contributed by atoms with Crippen LogP contribution in [0.3, 0.4) is 0 Å². The largest absolute Gasteiger partial charge is 0.474 e. The Morgan fingerprint density at radius 3 is 2.87 bits per heavy atom. The van der Waals surface area contributed by atoms with Crippen LogP contribution in [0.5, 0.6) is 5.88 Å². The summed E-state index contributed by atoms with van der Waals surface area (Å²) >= 11 is 1.50. The minimum atomic E-state index is -0.893. The normalized spacial score (nSPS) is 23.0. The predicted molar refractivity (Wildman–Crippen MR) is 118 cm³/mol. The van der Waals surface area contributed by atoms with Crippen LogP contribution in [-0.2, 0) is 6.42 Å². The number of rotatable bonds is 5. The fraction of sp³-hybridized carbons (Fsp3) is 0.500. The van der Waals surface area contributed by atoms with Crippen molar-refractivity contribution in [1.82, 2.24) is 14.9 Å². The maximum atomic E-state index is 14.7. The topological polar surface area (TPSA) is 78.8 Å². The molecule has 0 aliphatic carbocycles. The maximum Gasteiger partial charge on any atom is 0.407 e. The van der Waals surface area contributed by atoms with Crippen LogP contribution < -0.4 is 9.64 Å². The second-order valence-electron chi connectivity index (χ2n) is 8.22. The van der Waals surface area contributed by atoms with Crippen LogP contribution in [0, 0.1) is 5.82 Å². The Labute approximate surface area is 185 Å². The average Bonchev–Trinajstić information content (AvgIpc) is 3.18. The molecule has 0 radical (unpaired) electrons. The number of halogens is 1. The van der Waals surface area contributed by atoms with E-state index in [9.17, 15) is 14.3 Å². The third kappa shape index (κ3) is 4.03. The molecule has 0 spiro atoms. The zero-order valence-corrected chi connectivity index (χ0v) is 18.8. The van der Waals surface area contributed by atoms with Gasteiger partial charge in [0.05, 0.1) is 11.3 Å². The molecule has 2 aliphatic heterocycles. The summed E-state index contributed by atoms with van der Waals surface area (Å²) in [5, 5.41) is 9.53. The summed E-state index contributed by atoms with van der Waals surface area (Å²) in [5.74, 6) is 0.906. The zero-order valence-electron chi connectivity index (χ0n) is 18.0. The molecular weight excluding hydrogens is 419 g/mol. The van der Waals surface area contributed by atoms with E-state index in [0.29, 0.717) is 56.2 Å². The number of fused-ring (bicyclic) bond motifs is 1. The van der Waals surface area contributed by atoms with Gasteiger partial charge in [0.25, 0.3) is 0 Å². The molecule has 7 nitrogen and oxygen atoms in total. The first-order valence-corrected chi connectivity index (χ1v) is 11.7. The van der Waals surface area contributed by atoms with E-state index in [2.05, 4.69) is 9.97 Å². The molecule has 1 saturated heterocycles. The molecule has 3 heterocycles. The Bertz CT molecular complexity index is 991. The number of nitrogens with zero attached hydrogens (tertiary/aromatic N) is 4. The minimum absolute atomic E-state index is 0.133. The number of thioether (sulfide) groups is 1. The summed E-state index contributed by atoms with van der Waals surface area (Å²) < 4.78 is 21.0. The molecule has 1 aromatic carbocycles. The number of carbonyl (C=O) groups is 1. The Morgan fingerprint density at radius 2 is 2.19 bits per heavy atom. The Morgan fingerprint density at radius 1 is 1.39 bits per heavy atom. The fourth-order valence-electron chi connectivity index (χ4n) is 4.50. The van der Waals surface area contributed by atoms with Crippen LogP contribution in [0.1, 0.15) is 38.7 Å². The molecule has 9 heteroatoms. The van der Waals surface area contributed by atoms with Gasteiger partial charge in [-0.1, -0.05) is 6.92 Å². The lowest BCUT2D eigenvalue weighted by atomic mass is 9.84. The summed E-state index contributed by atoms with van der Waals surface area (Å²) in [6.45, 7) is 4.99. The van der Waals surface area contributed by atoms with Crippen LogP contribution in [0.2, 0.25) is 0 Å². The third-order valence-electron chi connectivity index (χ3n) is 6.43. The number of hydrogen-bond donors (Lipinski definition) is 1. The summed E-state index contributed by atoms with van der Waals surface area (Å²) in [5.41, 5.74) is 0.892. The highest BCUT2D eigenvalue weighted by molar-refractivity contribution is 7.98. The van der Waals surface area contributed by atoms with Crippen LogP contribution in [-0.4, -0.2) is 57.1 Å². The second kappa shape index (κ2) is 8.53. The van der Waals surface area contributed by atoms with E-state index in [1.54, 1.807) is 12.1 Å². The molecule has 0 saturated carbocycles. The summed E-state index contributed by atoms with van der Waals surface area (Å²) in [4.78, 5) is 24.6. The van der Waals surface area contributed by atoms with Crippen LogP contribution in [0.25, 0.3) is 0 Å². The molecule has 1 fully saturated rings. The molecular formula is C22H27FN4O3S. The highest BCUT2D eigenvalue weighted by Gasteiger charge is 2.41. The monoisotopic (exact) mass is 446 g/mol.